The number of carbonyl (C=O) groups excluding carboxylic acids is 1. The van der Waals surface area contributed by atoms with Gasteiger partial charge < -0.3 is 15.6 Å². The van der Waals surface area contributed by atoms with Crippen LogP contribution in [0.15, 0.2) is 10.6 Å². The van der Waals surface area contributed by atoms with Gasteiger partial charge >= 0.3 is 0 Å². The molecule has 1 aromatic heterocycles. The molecule has 0 fully saturated rings. The van der Waals surface area contributed by atoms with Crippen molar-refractivity contribution in [3.63, 3.8) is 0 Å². The molecule has 5 heteroatoms. The molecule has 3 N–H and O–H groups in total. The summed E-state index contributed by atoms with van der Waals surface area (Å²) in [5, 5.41) is 6.21. The lowest BCUT2D eigenvalue weighted by molar-refractivity contribution is -0.118. The molecule has 0 aliphatic heterocycles. The van der Waals surface area contributed by atoms with Crippen LogP contribution in [0, 0.1) is 12.8 Å². The number of carbonyl (C=O) groups is 1. The molecule has 1 atom stereocenters. The van der Waals surface area contributed by atoms with Crippen LogP contribution in [0.1, 0.15) is 19.6 Å². The molecule has 0 bridgehead atoms. The summed E-state index contributed by atoms with van der Waals surface area (Å²) in [5.41, 5.74) is 5.64. The minimum atomic E-state index is -0.521. The van der Waals surface area contributed by atoms with Gasteiger partial charge in [-0.2, -0.15) is 0 Å². The van der Waals surface area contributed by atoms with Gasteiger partial charge in [0.15, 0.2) is 5.82 Å². The molecule has 14 heavy (non-hydrogen) atoms. The Morgan fingerprint density at radius 2 is 2.29 bits per heavy atom. The van der Waals surface area contributed by atoms with Crippen LogP contribution >= 0.6 is 0 Å². The SMILES string of the molecule is Cc1cc(NC(=O)[C@@H](N)C(C)C)no1. The van der Waals surface area contributed by atoms with Crippen molar-refractivity contribution in [1.82, 2.24) is 5.16 Å². The molecular weight excluding hydrogens is 182 g/mol. The number of nitrogens with one attached hydrogen (secondary N) is 1. The molecular formula is C9H15N3O2. The Bertz CT molecular complexity index is 320. The number of rotatable bonds is 3. The summed E-state index contributed by atoms with van der Waals surface area (Å²) in [7, 11) is 0. The van der Waals surface area contributed by atoms with Crippen molar-refractivity contribution in [2.75, 3.05) is 5.32 Å². The van der Waals surface area contributed by atoms with E-state index in [1.807, 2.05) is 13.8 Å². The first-order valence-electron chi connectivity index (χ1n) is 4.50. The zero-order chi connectivity index (χ0) is 10.7. The highest BCUT2D eigenvalue weighted by atomic mass is 16.5. The van der Waals surface area contributed by atoms with E-state index in [4.69, 9.17) is 10.3 Å². The van der Waals surface area contributed by atoms with Gasteiger partial charge in [0.05, 0.1) is 6.04 Å². The van der Waals surface area contributed by atoms with Crippen molar-refractivity contribution in [3.05, 3.63) is 11.8 Å². The number of amides is 1. The van der Waals surface area contributed by atoms with Gasteiger partial charge in [-0.3, -0.25) is 4.79 Å². The van der Waals surface area contributed by atoms with Crippen molar-refractivity contribution in [3.8, 4) is 0 Å². The Balaban J connectivity index is 2.57. The van der Waals surface area contributed by atoms with Crippen LogP contribution in [0.2, 0.25) is 0 Å². The summed E-state index contributed by atoms with van der Waals surface area (Å²) in [6, 6.07) is 1.12. The van der Waals surface area contributed by atoms with Gasteiger partial charge in [0.25, 0.3) is 0 Å². The Labute approximate surface area is 82.6 Å². The van der Waals surface area contributed by atoms with E-state index >= 15 is 0 Å². The summed E-state index contributed by atoms with van der Waals surface area (Å²) < 4.78 is 4.80. The summed E-state index contributed by atoms with van der Waals surface area (Å²) in [6.07, 6.45) is 0. The second-order valence-electron chi connectivity index (χ2n) is 3.58. The predicted molar refractivity (Wildman–Crippen MR) is 52.7 cm³/mol. The van der Waals surface area contributed by atoms with E-state index in [2.05, 4.69) is 10.5 Å². The molecule has 0 aliphatic carbocycles. The zero-order valence-electron chi connectivity index (χ0n) is 8.57. The Morgan fingerprint density at radius 3 is 2.71 bits per heavy atom. The minimum Gasteiger partial charge on any atom is -0.360 e. The molecule has 1 heterocycles. The molecule has 0 unspecified atom stereocenters. The fraction of sp³-hybridized carbons (Fsp3) is 0.556. The van der Waals surface area contributed by atoms with E-state index in [1.165, 1.54) is 0 Å². The van der Waals surface area contributed by atoms with Crippen molar-refractivity contribution in [2.24, 2.45) is 11.7 Å². The Hall–Kier alpha value is -1.36. The predicted octanol–water partition coefficient (Wildman–Crippen LogP) is 0.905. The normalized spacial score (nSPS) is 12.9. The van der Waals surface area contributed by atoms with E-state index in [9.17, 15) is 4.79 Å². The molecule has 0 aliphatic rings. The van der Waals surface area contributed by atoms with Crippen molar-refractivity contribution >= 4 is 11.7 Å². The van der Waals surface area contributed by atoms with Gasteiger partial charge in [0.2, 0.25) is 5.91 Å². The highest BCUT2D eigenvalue weighted by molar-refractivity contribution is 5.93. The molecule has 0 spiro atoms. The van der Waals surface area contributed by atoms with E-state index < -0.39 is 6.04 Å². The number of aryl methyl sites for hydroxylation is 1. The van der Waals surface area contributed by atoms with E-state index in [1.54, 1.807) is 13.0 Å². The van der Waals surface area contributed by atoms with E-state index in [0.717, 1.165) is 0 Å². The molecule has 1 rings (SSSR count). The first kappa shape index (κ1) is 10.7. The smallest absolute Gasteiger partial charge is 0.242 e. The molecule has 1 amide bonds. The second-order valence-corrected chi connectivity index (χ2v) is 3.58. The summed E-state index contributed by atoms with van der Waals surface area (Å²) in [4.78, 5) is 11.4. The third-order valence-corrected chi connectivity index (χ3v) is 1.90. The molecule has 0 radical (unpaired) electrons. The van der Waals surface area contributed by atoms with Crippen molar-refractivity contribution in [2.45, 2.75) is 26.8 Å². The maximum Gasteiger partial charge on any atom is 0.242 e. The van der Waals surface area contributed by atoms with Crippen molar-refractivity contribution in [1.29, 1.82) is 0 Å². The highest BCUT2D eigenvalue weighted by Crippen LogP contribution is 2.08. The molecule has 0 saturated heterocycles. The van der Waals surface area contributed by atoms with Crippen molar-refractivity contribution < 1.29 is 9.32 Å². The van der Waals surface area contributed by atoms with Gasteiger partial charge in [-0.15, -0.1) is 0 Å². The largest absolute Gasteiger partial charge is 0.360 e. The van der Waals surface area contributed by atoms with Crippen LogP contribution in [-0.4, -0.2) is 17.1 Å². The molecule has 1 aromatic rings. The van der Waals surface area contributed by atoms with Gasteiger partial charge in [-0.25, -0.2) is 0 Å². The van der Waals surface area contributed by atoms with E-state index in [-0.39, 0.29) is 11.8 Å². The van der Waals surface area contributed by atoms with Gasteiger partial charge in [-0.05, 0) is 12.8 Å². The lowest BCUT2D eigenvalue weighted by Gasteiger charge is -2.13. The number of hydrogen-bond donors (Lipinski definition) is 2. The van der Waals surface area contributed by atoms with Crippen LogP contribution in [0.5, 0.6) is 0 Å². The molecule has 5 nitrogen and oxygen atoms in total. The second kappa shape index (κ2) is 4.23. The third kappa shape index (κ3) is 2.56. The first-order valence-corrected chi connectivity index (χ1v) is 4.50. The molecule has 78 valence electrons. The topological polar surface area (TPSA) is 81.2 Å². The Kier molecular flexibility index (Phi) is 3.24. The summed E-state index contributed by atoms with van der Waals surface area (Å²) >= 11 is 0. The van der Waals surface area contributed by atoms with Crippen LogP contribution < -0.4 is 11.1 Å². The summed E-state index contributed by atoms with van der Waals surface area (Å²) in [5.74, 6) is 0.915. The maximum atomic E-state index is 11.4. The quantitative estimate of drug-likeness (QED) is 0.754. The first-order chi connectivity index (χ1) is 6.50. The maximum absolute atomic E-state index is 11.4. The molecule has 0 saturated carbocycles. The number of nitrogens with zero attached hydrogens (tertiary/aromatic N) is 1. The molecule has 0 aromatic carbocycles. The zero-order valence-corrected chi connectivity index (χ0v) is 8.57. The number of anilines is 1. The van der Waals surface area contributed by atoms with Gasteiger partial charge in [0.1, 0.15) is 5.76 Å². The van der Waals surface area contributed by atoms with Crippen LogP contribution in [0.3, 0.4) is 0 Å². The number of hydrogen-bond acceptors (Lipinski definition) is 4. The standard InChI is InChI=1S/C9H15N3O2/c1-5(2)8(10)9(13)11-7-4-6(3)14-12-7/h4-5,8H,10H2,1-3H3,(H,11,12,13)/t8-/m0/s1. The van der Waals surface area contributed by atoms with Crippen LogP contribution in [-0.2, 0) is 4.79 Å². The minimum absolute atomic E-state index is 0.1000. The number of nitrogens with two attached hydrogens (primary N) is 1. The number of aromatic nitrogens is 1. The lowest BCUT2D eigenvalue weighted by atomic mass is 10.1. The van der Waals surface area contributed by atoms with Crippen LogP contribution in [0.25, 0.3) is 0 Å². The fourth-order valence-corrected chi connectivity index (χ4v) is 0.938. The lowest BCUT2D eigenvalue weighted by Crippen LogP contribution is -2.39. The average molecular weight is 197 g/mol. The Morgan fingerprint density at radius 1 is 1.64 bits per heavy atom. The van der Waals surface area contributed by atoms with Gasteiger partial charge in [-0.1, -0.05) is 19.0 Å². The third-order valence-electron chi connectivity index (χ3n) is 1.90. The monoisotopic (exact) mass is 197 g/mol. The van der Waals surface area contributed by atoms with E-state index in [0.29, 0.717) is 11.6 Å². The van der Waals surface area contributed by atoms with Crippen LogP contribution in [0.4, 0.5) is 5.82 Å². The van der Waals surface area contributed by atoms with Gasteiger partial charge in [0, 0.05) is 6.07 Å². The average Bonchev–Trinajstić information content (AvgIpc) is 2.49. The summed E-state index contributed by atoms with van der Waals surface area (Å²) in [6.45, 7) is 5.53. The highest BCUT2D eigenvalue weighted by Gasteiger charge is 2.18. The fourth-order valence-electron chi connectivity index (χ4n) is 0.938.